The number of primary amides is 1. The molecular formula is C22H24FN3O. The first-order valence-corrected chi connectivity index (χ1v) is 9.25. The third-order valence-electron chi connectivity index (χ3n) is 5.32. The number of aromatic amines is 1. The van der Waals surface area contributed by atoms with E-state index in [1.165, 1.54) is 6.07 Å². The van der Waals surface area contributed by atoms with Crippen molar-refractivity contribution in [2.24, 2.45) is 11.1 Å². The Hall–Kier alpha value is -2.66. The Bertz CT molecular complexity index is 1090. The first kappa shape index (κ1) is 17.7. The van der Waals surface area contributed by atoms with Crippen LogP contribution >= 0.6 is 0 Å². The van der Waals surface area contributed by atoms with E-state index < -0.39 is 11.7 Å². The van der Waals surface area contributed by atoms with Crippen molar-refractivity contribution in [3.05, 3.63) is 53.4 Å². The second kappa shape index (κ2) is 6.20. The SMILES string of the molecule is CC(C)(C)C1NCCC=C1c1c(F)cc(C(N)=O)c2[nH]c3ccccc3c12. The van der Waals surface area contributed by atoms with Crippen molar-refractivity contribution in [1.29, 1.82) is 0 Å². The highest BCUT2D eigenvalue weighted by molar-refractivity contribution is 6.18. The first-order valence-electron chi connectivity index (χ1n) is 9.25. The second-order valence-electron chi connectivity index (χ2n) is 8.27. The zero-order valence-corrected chi connectivity index (χ0v) is 15.8. The van der Waals surface area contributed by atoms with Crippen LogP contribution in [0.2, 0.25) is 0 Å². The topological polar surface area (TPSA) is 70.9 Å². The molecule has 4 rings (SSSR count). The molecule has 0 aliphatic carbocycles. The number of hydrogen-bond donors (Lipinski definition) is 3. The standard InChI is InChI=1S/C22H24FN3O/c1-22(2,3)20-13(8-6-10-25-20)17-15(23)11-14(21(24)27)19-18(17)12-7-4-5-9-16(12)26-19/h4-5,7-9,11,20,25-26H,6,10H2,1-3H3,(H2,24,27). The number of nitrogens with two attached hydrogens (primary N) is 1. The van der Waals surface area contributed by atoms with Gasteiger partial charge >= 0.3 is 0 Å². The van der Waals surface area contributed by atoms with E-state index in [0.29, 0.717) is 11.1 Å². The van der Waals surface area contributed by atoms with Crippen molar-refractivity contribution in [1.82, 2.24) is 10.3 Å². The minimum atomic E-state index is -0.639. The maximum Gasteiger partial charge on any atom is 0.250 e. The summed E-state index contributed by atoms with van der Waals surface area (Å²) in [4.78, 5) is 15.2. The van der Waals surface area contributed by atoms with Crippen LogP contribution in [0.15, 0.2) is 36.4 Å². The molecule has 0 bridgehead atoms. The molecule has 3 aromatic rings. The molecule has 0 radical (unpaired) electrons. The molecular weight excluding hydrogens is 341 g/mol. The molecule has 4 N–H and O–H groups in total. The number of hydrogen-bond acceptors (Lipinski definition) is 2. The molecule has 2 heterocycles. The summed E-state index contributed by atoms with van der Waals surface area (Å²) in [6.45, 7) is 7.30. The molecule has 0 saturated carbocycles. The Balaban J connectivity index is 2.12. The van der Waals surface area contributed by atoms with Crippen molar-refractivity contribution in [2.45, 2.75) is 33.2 Å². The lowest BCUT2D eigenvalue weighted by atomic mass is 9.77. The Morgan fingerprint density at radius 3 is 2.70 bits per heavy atom. The summed E-state index contributed by atoms with van der Waals surface area (Å²) in [5, 5.41) is 5.16. The number of carbonyl (C=O) groups excluding carboxylic acids is 1. The number of benzene rings is 2. The molecule has 1 amide bonds. The summed E-state index contributed by atoms with van der Waals surface area (Å²) in [7, 11) is 0. The van der Waals surface area contributed by atoms with E-state index in [1.807, 2.05) is 24.3 Å². The van der Waals surface area contributed by atoms with Crippen LogP contribution in [0.5, 0.6) is 0 Å². The van der Waals surface area contributed by atoms with E-state index in [-0.39, 0.29) is 17.0 Å². The normalized spacial score (nSPS) is 18.1. The number of amides is 1. The van der Waals surface area contributed by atoms with Crippen LogP contribution in [-0.2, 0) is 0 Å². The highest BCUT2D eigenvalue weighted by atomic mass is 19.1. The van der Waals surface area contributed by atoms with Gasteiger partial charge in [-0.2, -0.15) is 0 Å². The Morgan fingerprint density at radius 1 is 1.26 bits per heavy atom. The second-order valence-corrected chi connectivity index (χ2v) is 8.27. The summed E-state index contributed by atoms with van der Waals surface area (Å²) in [5.41, 5.74) is 8.59. The lowest BCUT2D eigenvalue weighted by molar-refractivity contribution is 0.100. The molecule has 1 aliphatic rings. The van der Waals surface area contributed by atoms with Gasteiger partial charge < -0.3 is 16.0 Å². The molecule has 0 fully saturated rings. The number of H-pyrrole nitrogens is 1. The lowest BCUT2D eigenvalue weighted by Gasteiger charge is -2.37. The van der Waals surface area contributed by atoms with Gasteiger partial charge in [-0.3, -0.25) is 4.79 Å². The third-order valence-corrected chi connectivity index (χ3v) is 5.32. The van der Waals surface area contributed by atoms with E-state index in [4.69, 9.17) is 5.73 Å². The van der Waals surface area contributed by atoms with Crippen molar-refractivity contribution < 1.29 is 9.18 Å². The average Bonchev–Trinajstić information content (AvgIpc) is 2.99. The maximum atomic E-state index is 15.4. The third kappa shape index (κ3) is 2.82. The molecule has 1 aliphatic heterocycles. The minimum absolute atomic E-state index is 0.0111. The van der Waals surface area contributed by atoms with Gasteiger partial charge in [-0.15, -0.1) is 0 Å². The Labute approximate surface area is 157 Å². The van der Waals surface area contributed by atoms with Crippen molar-refractivity contribution in [3.8, 4) is 0 Å². The lowest BCUT2D eigenvalue weighted by Crippen LogP contribution is -2.43. The molecule has 1 atom stereocenters. The molecule has 4 nitrogen and oxygen atoms in total. The fourth-order valence-electron chi connectivity index (χ4n) is 4.17. The summed E-state index contributed by atoms with van der Waals surface area (Å²) in [6.07, 6.45) is 2.96. The smallest absolute Gasteiger partial charge is 0.250 e. The van der Waals surface area contributed by atoms with Gasteiger partial charge in [0.1, 0.15) is 5.82 Å². The van der Waals surface area contributed by atoms with Gasteiger partial charge in [-0.05, 0) is 36.1 Å². The monoisotopic (exact) mass is 365 g/mol. The fourth-order valence-corrected chi connectivity index (χ4v) is 4.17. The molecule has 140 valence electrons. The Morgan fingerprint density at radius 2 is 2.00 bits per heavy atom. The Kier molecular flexibility index (Phi) is 4.07. The molecule has 0 spiro atoms. The van der Waals surface area contributed by atoms with Gasteiger partial charge in [0.05, 0.1) is 11.1 Å². The van der Waals surface area contributed by atoms with Crippen LogP contribution in [0, 0.1) is 11.2 Å². The highest BCUT2D eigenvalue weighted by Gasteiger charge is 2.33. The average molecular weight is 365 g/mol. The van der Waals surface area contributed by atoms with Crippen molar-refractivity contribution in [2.75, 3.05) is 6.54 Å². The summed E-state index contributed by atoms with van der Waals surface area (Å²) in [5.74, 6) is -1.05. The van der Waals surface area contributed by atoms with Crippen LogP contribution in [0.4, 0.5) is 4.39 Å². The minimum Gasteiger partial charge on any atom is -0.366 e. The van der Waals surface area contributed by atoms with Crippen LogP contribution < -0.4 is 11.1 Å². The number of carbonyl (C=O) groups is 1. The van der Waals surface area contributed by atoms with Crippen LogP contribution in [0.1, 0.15) is 43.1 Å². The largest absolute Gasteiger partial charge is 0.366 e. The van der Waals surface area contributed by atoms with E-state index >= 15 is 4.39 Å². The van der Waals surface area contributed by atoms with E-state index in [1.54, 1.807) is 0 Å². The van der Waals surface area contributed by atoms with Crippen LogP contribution in [-0.4, -0.2) is 23.5 Å². The van der Waals surface area contributed by atoms with E-state index in [9.17, 15) is 4.79 Å². The zero-order valence-electron chi connectivity index (χ0n) is 15.8. The van der Waals surface area contributed by atoms with Gasteiger partial charge in [0.25, 0.3) is 5.91 Å². The fraction of sp³-hybridized carbons (Fsp3) is 0.318. The molecule has 0 saturated heterocycles. The van der Waals surface area contributed by atoms with Gasteiger partial charge in [-0.25, -0.2) is 4.39 Å². The number of fused-ring (bicyclic) bond motifs is 3. The zero-order chi connectivity index (χ0) is 19.3. The van der Waals surface area contributed by atoms with Crippen LogP contribution in [0.3, 0.4) is 0 Å². The number of halogens is 1. The van der Waals surface area contributed by atoms with Crippen molar-refractivity contribution >= 4 is 33.3 Å². The van der Waals surface area contributed by atoms with E-state index in [0.717, 1.165) is 34.8 Å². The molecule has 2 aromatic carbocycles. The maximum absolute atomic E-state index is 15.4. The number of para-hydroxylation sites is 1. The summed E-state index contributed by atoms with van der Waals surface area (Å²) in [6, 6.07) is 8.99. The number of aromatic nitrogens is 1. The number of nitrogens with one attached hydrogen (secondary N) is 2. The molecule has 27 heavy (non-hydrogen) atoms. The predicted octanol–water partition coefficient (Wildman–Crippen LogP) is 4.35. The van der Waals surface area contributed by atoms with Crippen molar-refractivity contribution in [3.63, 3.8) is 0 Å². The molecule has 5 heteroatoms. The molecule has 1 unspecified atom stereocenters. The van der Waals surface area contributed by atoms with Gasteiger partial charge in [0, 0.05) is 27.9 Å². The van der Waals surface area contributed by atoms with E-state index in [2.05, 4.69) is 37.1 Å². The van der Waals surface area contributed by atoms with Gasteiger partial charge in [0.15, 0.2) is 0 Å². The first-order chi connectivity index (χ1) is 12.8. The number of rotatable bonds is 2. The van der Waals surface area contributed by atoms with Gasteiger partial charge in [-0.1, -0.05) is 45.0 Å². The highest BCUT2D eigenvalue weighted by Crippen LogP contribution is 2.41. The predicted molar refractivity (Wildman–Crippen MR) is 108 cm³/mol. The summed E-state index contributed by atoms with van der Waals surface area (Å²) < 4.78 is 15.4. The quantitative estimate of drug-likeness (QED) is 0.632. The van der Waals surface area contributed by atoms with Gasteiger partial charge in [0.2, 0.25) is 0 Å². The summed E-state index contributed by atoms with van der Waals surface area (Å²) >= 11 is 0. The van der Waals surface area contributed by atoms with Crippen LogP contribution in [0.25, 0.3) is 27.4 Å². The molecule has 1 aromatic heterocycles.